The summed E-state index contributed by atoms with van der Waals surface area (Å²) in [7, 11) is 0. The minimum atomic E-state index is -2.78. The van der Waals surface area contributed by atoms with Crippen molar-refractivity contribution in [3.63, 3.8) is 0 Å². The molecule has 1 N–H and O–H groups in total. The highest BCUT2D eigenvalue weighted by Gasteiger charge is 2.31. The Labute approximate surface area is 128 Å². The number of fused-ring (bicyclic) bond motifs is 1. The van der Waals surface area contributed by atoms with Gasteiger partial charge in [-0.1, -0.05) is 20.8 Å². The lowest BCUT2D eigenvalue weighted by Crippen LogP contribution is -2.34. The summed E-state index contributed by atoms with van der Waals surface area (Å²) in [5.74, 6) is -0.0304. The molecule has 1 unspecified atom stereocenters. The molecule has 2 rings (SSSR count). The van der Waals surface area contributed by atoms with Gasteiger partial charge in [0.15, 0.2) is 5.67 Å². The monoisotopic (exact) mass is 317 g/mol. The summed E-state index contributed by atoms with van der Waals surface area (Å²) < 4.78 is 41.6. The average molecular weight is 317 g/mol. The zero-order valence-corrected chi connectivity index (χ0v) is 13.3. The molecule has 0 amide bonds. The van der Waals surface area contributed by atoms with E-state index in [1.807, 2.05) is 20.8 Å². The summed E-state index contributed by atoms with van der Waals surface area (Å²) in [5.41, 5.74) is -2.34. The molecule has 0 aromatic carbocycles. The van der Waals surface area contributed by atoms with Gasteiger partial charge in [-0.05, 0) is 26.0 Å². The van der Waals surface area contributed by atoms with Crippen molar-refractivity contribution in [2.24, 2.45) is 0 Å². The van der Waals surface area contributed by atoms with Crippen molar-refractivity contribution in [1.29, 1.82) is 0 Å². The van der Waals surface area contributed by atoms with Crippen LogP contribution in [-0.4, -0.2) is 32.7 Å². The zero-order chi connectivity index (χ0) is 16.8. The third-order valence-electron chi connectivity index (χ3n) is 2.91. The number of hydrogen-bond donors (Lipinski definition) is 1. The van der Waals surface area contributed by atoms with Crippen molar-refractivity contribution in [1.82, 2.24) is 24.9 Å². The van der Waals surface area contributed by atoms with Gasteiger partial charge in [0.05, 0.1) is 5.69 Å². The second kappa shape index (κ2) is 8.07. The van der Waals surface area contributed by atoms with Gasteiger partial charge in [0.1, 0.15) is 12.0 Å². The van der Waals surface area contributed by atoms with Crippen molar-refractivity contribution in [3.05, 3.63) is 23.8 Å². The summed E-state index contributed by atoms with van der Waals surface area (Å²) >= 11 is 0. The first-order chi connectivity index (χ1) is 10.5. The number of aromatic nitrogens is 4. The lowest BCUT2D eigenvalue weighted by atomic mass is 10.0. The Bertz CT molecular complexity index is 583. The third kappa shape index (κ3) is 4.16. The molecule has 2 aromatic heterocycles. The zero-order valence-electron chi connectivity index (χ0n) is 13.3. The van der Waals surface area contributed by atoms with Crippen LogP contribution in [0.25, 0.3) is 5.78 Å². The van der Waals surface area contributed by atoms with Crippen LogP contribution in [-0.2, 0) is 5.67 Å². The molecule has 124 valence electrons. The van der Waals surface area contributed by atoms with Crippen LogP contribution in [0.2, 0.25) is 0 Å². The van der Waals surface area contributed by atoms with Crippen LogP contribution in [0.5, 0.6) is 0 Å². The summed E-state index contributed by atoms with van der Waals surface area (Å²) in [6, 6.07) is 1.04. The third-order valence-corrected chi connectivity index (χ3v) is 2.91. The average Bonchev–Trinajstić information content (AvgIpc) is 2.96. The largest absolute Gasteiger partial charge is 0.313 e. The lowest BCUT2D eigenvalue weighted by Gasteiger charge is -2.22. The van der Waals surface area contributed by atoms with Crippen molar-refractivity contribution >= 4 is 5.78 Å². The van der Waals surface area contributed by atoms with Gasteiger partial charge >= 0.3 is 0 Å². The maximum Gasteiger partial charge on any atom is 0.280 e. The van der Waals surface area contributed by atoms with Crippen LogP contribution < -0.4 is 5.32 Å². The van der Waals surface area contributed by atoms with E-state index >= 15 is 0 Å². The van der Waals surface area contributed by atoms with Gasteiger partial charge in [0.2, 0.25) is 0 Å². The fourth-order valence-electron chi connectivity index (χ4n) is 1.90. The molecule has 2 heterocycles. The predicted molar refractivity (Wildman–Crippen MR) is 78.7 cm³/mol. The van der Waals surface area contributed by atoms with E-state index in [1.165, 1.54) is 6.92 Å². The molecule has 2 aromatic rings. The molecule has 0 radical (unpaired) electrons. The minimum absolute atomic E-state index is 0.00247. The summed E-state index contributed by atoms with van der Waals surface area (Å²) in [6.45, 7) is 7.93. The first kappa shape index (κ1) is 18.3. The van der Waals surface area contributed by atoms with E-state index in [9.17, 15) is 13.2 Å². The number of hydrogen-bond acceptors (Lipinski definition) is 4. The smallest absolute Gasteiger partial charge is 0.280 e. The van der Waals surface area contributed by atoms with E-state index < -0.39 is 17.8 Å². The molecule has 0 saturated heterocycles. The second-order valence-corrected chi connectivity index (χ2v) is 4.71. The standard InChI is InChI=1S/C12H16F3N5.C2H6/c1-3-4-16-6-12(2,15)9-5-8(10(13)14)19-11-17-7-18-20(9)11;1-2/h5,7,10,16H,3-4,6H2,1-2H3;1-2H3. The Kier molecular flexibility index (Phi) is 6.73. The van der Waals surface area contributed by atoms with Gasteiger partial charge in [0, 0.05) is 6.54 Å². The molecular formula is C14H22F3N5. The Morgan fingerprint density at radius 3 is 2.64 bits per heavy atom. The number of alkyl halides is 3. The molecule has 22 heavy (non-hydrogen) atoms. The van der Waals surface area contributed by atoms with Crippen LogP contribution in [0, 0.1) is 0 Å². The highest BCUT2D eigenvalue weighted by atomic mass is 19.3. The van der Waals surface area contributed by atoms with E-state index in [1.54, 1.807) is 0 Å². The van der Waals surface area contributed by atoms with Gasteiger partial charge in [-0.2, -0.15) is 14.6 Å². The Morgan fingerprint density at radius 2 is 2.05 bits per heavy atom. The van der Waals surface area contributed by atoms with Crippen LogP contribution in [0.4, 0.5) is 13.2 Å². The van der Waals surface area contributed by atoms with E-state index in [0.29, 0.717) is 6.54 Å². The topological polar surface area (TPSA) is 55.1 Å². The highest BCUT2D eigenvalue weighted by molar-refractivity contribution is 5.33. The molecule has 0 fully saturated rings. The number of halogens is 3. The quantitative estimate of drug-likeness (QED) is 0.831. The van der Waals surface area contributed by atoms with Gasteiger partial charge in [-0.25, -0.2) is 18.2 Å². The first-order valence-electron chi connectivity index (χ1n) is 7.34. The summed E-state index contributed by atoms with van der Waals surface area (Å²) in [5, 5.41) is 6.78. The van der Waals surface area contributed by atoms with Crippen LogP contribution >= 0.6 is 0 Å². The van der Waals surface area contributed by atoms with E-state index in [4.69, 9.17) is 0 Å². The van der Waals surface area contributed by atoms with E-state index in [0.717, 1.165) is 23.3 Å². The van der Waals surface area contributed by atoms with Gasteiger partial charge in [-0.15, -0.1) is 0 Å². The number of nitrogens with one attached hydrogen (secondary N) is 1. The molecule has 0 aliphatic rings. The fraction of sp³-hybridized carbons (Fsp3) is 0.643. The highest BCUT2D eigenvalue weighted by Crippen LogP contribution is 2.28. The molecule has 0 aliphatic heterocycles. The minimum Gasteiger partial charge on any atom is -0.313 e. The van der Waals surface area contributed by atoms with E-state index in [-0.39, 0.29) is 18.0 Å². The normalized spacial score (nSPS) is 13.8. The number of rotatable bonds is 6. The van der Waals surface area contributed by atoms with Crippen LogP contribution in [0.3, 0.4) is 0 Å². The molecule has 8 heteroatoms. The van der Waals surface area contributed by atoms with Crippen molar-refractivity contribution in [2.75, 3.05) is 13.1 Å². The van der Waals surface area contributed by atoms with Crippen molar-refractivity contribution in [3.8, 4) is 0 Å². The molecule has 5 nitrogen and oxygen atoms in total. The van der Waals surface area contributed by atoms with Gasteiger partial charge in [-0.3, -0.25) is 0 Å². The van der Waals surface area contributed by atoms with Crippen molar-refractivity contribution in [2.45, 2.75) is 46.2 Å². The molecule has 0 spiro atoms. The molecule has 0 bridgehead atoms. The molecule has 0 aliphatic carbocycles. The fourth-order valence-corrected chi connectivity index (χ4v) is 1.90. The second-order valence-electron chi connectivity index (χ2n) is 4.71. The summed E-state index contributed by atoms with van der Waals surface area (Å²) in [6.07, 6.45) is -0.765. The van der Waals surface area contributed by atoms with Gasteiger partial charge in [0.25, 0.3) is 12.2 Å². The van der Waals surface area contributed by atoms with Gasteiger partial charge < -0.3 is 5.32 Å². The first-order valence-corrected chi connectivity index (χ1v) is 7.34. The van der Waals surface area contributed by atoms with E-state index in [2.05, 4.69) is 20.4 Å². The Hall–Kier alpha value is -1.70. The number of nitrogens with zero attached hydrogens (tertiary/aromatic N) is 4. The van der Waals surface area contributed by atoms with Crippen LogP contribution in [0.1, 0.15) is 51.9 Å². The van der Waals surface area contributed by atoms with Crippen molar-refractivity contribution < 1.29 is 13.2 Å². The SMILES string of the molecule is CC.CCCNCC(C)(F)c1cc(C(F)F)nc2ncnn12. The molecule has 0 saturated carbocycles. The molecule has 1 atom stereocenters. The Balaban J connectivity index is 0.00000116. The lowest BCUT2D eigenvalue weighted by molar-refractivity contribution is 0.143. The van der Waals surface area contributed by atoms with Crippen LogP contribution in [0.15, 0.2) is 12.4 Å². The maximum absolute atomic E-state index is 14.8. The summed E-state index contributed by atoms with van der Waals surface area (Å²) in [4.78, 5) is 7.41. The maximum atomic E-state index is 14.8. The molecular weight excluding hydrogens is 295 g/mol. The predicted octanol–water partition coefficient (Wildman–Crippen LogP) is 3.27. The Morgan fingerprint density at radius 1 is 1.36 bits per heavy atom.